The molecule has 0 aliphatic heterocycles. The predicted octanol–water partition coefficient (Wildman–Crippen LogP) is 2.36. The molecular formula is C15H22O4. The van der Waals surface area contributed by atoms with Gasteiger partial charge in [-0.25, -0.2) is 0 Å². The Hall–Kier alpha value is -1.39. The second kappa shape index (κ2) is 6.68. The highest BCUT2D eigenvalue weighted by molar-refractivity contribution is 5.73. The van der Waals surface area contributed by atoms with Crippen LogP contribution < -0.4 is 0 Å². The Morgan fingerprint density at radius 1 is 1.21 bits per heavy atom. The number of hydrogen-bond donors (Lipinski definition) is 3. The number of carboxylic acid groups (broad SMARTS) is 1. The fraction of sp³-hybridized carbons (Fsp3) is 0.533. The Bertz CT molecular complexity index is 400. The van der Waals surface area contributed by atoms with Gasteiger partial charge in [-0.15, -0.1) is 0 Å². The van der Waals surface area contributed by atoms with Crippen molar-refractivity contribution >= 4 is 5.97 Å². The number of hydrogen-bond acceptors (Lipinski definition) is 3. The van der Waals surface area contributed by atoms with Gasteiger partial charge >= 0.3 is 5.97 Å². The number of benzene rings is 1. The molecule has 0 unspecified atom stereocenters. The van der Waals surface area contributed by atoms with E-state index in [-0.39, 0.29) is 0 Å². The van der Waals surface area contributed by atoms with Crippen LogP contribution in [0.2, 0.25) is 0 Å². The predicted molar refractivity (Wildman–Crippen MR) is 72.7 cm³/mol. The van der Waals surface area contributed by atoms with E-state index >= 15 is 0 Å². The molecule has 0 spiro atoms. The minimum absolute atomic E-state index is 0.382. The molecule has 0 heterocycles. The maximum absolute atomic E-state index is 10.9. The van der Waals surface area contributed by atoms with Crippen molar-refractivity contribution in [2.24, 2.45) is 5.41 Å². The highest BCUT2D eigenvalue weighted by atomic mass is 16.4. The first kappa shape index (κ1) is 15.7. The molecular weight excluding hydrogens is 244 g/mol. The third-order valence-electron chi connectivity index (χ3n) is 3.39. The fourth-order valence-corrected chi connectivity index (χ4v) is 1.89. The van der Waals surface area contributed by atoms with Crippen LogP contribution in [-0.4, -0.2) is 27.4 Å². The van der Waals surface area contributed by atoms with Crippen LogP contribution in [0.15, 0.2) is 30.3 Å². The van der Waals surface area contributed by atoms with Crippen molar-refractivity contribution in [1.29, 1.82) is 0 Å². The smallest absolute Gasteiger partial charge is 0.309 e. The highest BCUT2D eigenvalue weighted by Gasteiger charge is 2.27. The first-order valence-corrected chi connectivity index (χ1v) is 6.49. The molecule has 0 saturated heterocycles. The Morgan fingerprint density at radius 2 is 1.79 bits per heavy atom. The fourth-order valence-electron chi connectivity index (χ4n) is 1.89. The zero-order valence-electron chi connectivity index (χ0n) is 11.4. The molecule has 106 valence electrons. The van der Waals surface area contributed by atoms with Crippen LogP contribution in [0.3, 0.4) is 0 Å². The maximum Gasteiger partial charge on any atom is 0.309 e. The Balaban J connectivity index is 2.44. The molecule has 0 radical (unpaired) electrons. The topological polar surface area (TPSA) is 77.8 Å². The molecule has 0 aromatic heterocycles. The second-order valence-corrected chi connectivity index (χ2v) is 5.50. The molecule has 0 bridgehead atoms. The van der Waals surface area contributed by atoms with Crippen LogP contribution in [0, 0.1) is 5.41 Å². The zero-order valence-corrected chi connectivity index (χ0v) is 11.4. The molecule has 0 saturated carbocycles. The molecule has 0 aliphatic carbocycles. The first-order valence-electron chi connectivity index (χ1n) is 6.49. The van der Waals surface area contributed by atoms with E-state index in [0.717, 1.165) is 0 Å². The third-order valence-corrected chi connectivity index (χ3v) is 3.39. The molecule has 4 heteroatoms. The summed E-state index contributed by atoms with van der Waals surface area (Å²) in [5.74, 6) is -0.842. The minimum Gasteiger partial charge on any atom is -0.481 e. The molecule has 0 fully saturated rings. The number of carbonyl (C=O) groups is 1. The monoisotopic (exact) mass is 266 g/mol. The summed E-state index contributed by atoms with van der Waals surface area (Å²) in [5, 5.41) is 28.9. The second-order valence-electron chi connectivity index (χ2n) is 5.50. The average molecular weight is 266 g/mol. The van der Waals surface area contributed by atoms with Crippen LogP contribution in [0.1, 0.15) is 44.8 Å². The summed E-state index contributed by atoms with van der Waals surface area (Å²) in [5.41, 5.74) is -0.121. The van der Waals surface area contributed by atoms with Crippen LogP contribution in [-0.2, 0) is 4.79 Å². The van der Waals surface area contributed by atoms with Crippen LogP contribution in [0.5, 0.6) is 0 Å². The molecule has 0 aliphatic rings. The number of aliphatic hydroxyl groups is 2. The van der Waals surface area contributed by atoms with Crippen molar-refractivity contribution < 1.29 is 20.1 Å². The molecule has 1 rings (SSSR count). The van der Waals surface area contributed by atoms with Crippen LogP contribution in [0.4, 0.5) is 0 Å². The van der Waals surface area contributed by atoms with Crippen molar-refractivity contribution in [2.45, 2.75) is 45.3 Å². The molecule has 2 atom stereocenters. The van der Waals surface area contributed by atoms with Gasteiger partial charge < -0.3 is 15.3 Å². The number of aliphatic hydroxyl groups excluding tert-OH is 2. The lowest BCUT2D eigenvalue weighted by Crippen LogP contribution is -2.25. The SMILES string of the molecule is CC(C)(CCC[C@@H](O)[C@H](O)c1ccccc1)C(=O)O. The van der Waals surface area contributed by atoms with Crippen LogP contribution in [0.25, 0.3) is 0 Å². The summed E-state index contributed by atoms with van der Waals surface area (Å²) in [6.07, 6.45) is -0.376. The van der Waals surface area contributed by atoms with Crippen molar-refractivity contribution in [3.63, 3.8) is 0 Å². The van der Waals surface area contributed by atoms with E-state index in [1.165, 1.54) is 0 Å². The standard InChI is InChI=1S/C15H22O4/c1-15(2,14(18)19)10-6-9-12(16)13(17)11-7-4-3-5-8-11/h3-5,7-8,12-13,16-17H,6,9-10H2,1-2H3,(H,18,19)/t12-,13-/m1/s1. The van der Waals surface area contributed by atoms with E-state index in [2.05, 4.69) is 0 Å². The van der Waals surface area contributed by atoms with Gasteiger partial charge in [-0.1, -0.05) is 30.3 Å². The zero-order chi connectivity index (χ0) is 14.5. The van der Waals surface area contributed by atoms with Gasteiger partial charge in [-0.05, 0) is 38.7 Å². The summed E-state index contributed by atoms with van der Waals surface area (Å²) >= 11 is 0. The van der Waals surface area contributed by atoms with Gasteiger partial charge in [0.1, 0.15) is 6.10 Å². The number of carboxylic acids is 1. The Kier molecular flexibility index (Phi) is 5.51. The van der Waals surface area contributed by atoms with Gasteiger partial charge in [-0.2, -0.15) is 0 Å². The largest absolute Gasteiger partial charge is 0.481 e. The lowest BCUT2D eigenvalue weighted by Gasteiger charge is -2.22. The van der Waals surface area contributed by atoms with E-state index in [1.54, 1.807) is 38.1 Å². The highest BCUT2D eigenvalue weighted by Crippen LogP contribution is 2.26. The average Bonchev–Trinajstić information content (AvgIpc) is 2.38. The van der Waals surface area contributed by atoms with Crippen molar-refractivity contribution in [3.05, 3.63) is 35.9 Å². The minimum atomic E-state index is -0.922. The Labute approximate surface area is 113 Å². The summed E-state index contributed by atoms with van der Waals surface area (Å²) in [7, 11) is 0. The van der Waals surface area contributed by atoms with Gasteiger partial charge in [0.2, 0.25) is 0 Å². The molecule has 1 aromatic rings. The van der Waals surface area contributed by atoms with Crippen molar-refractivity contribution in [2.75, 3.05) is 0 Å². The lowest BCUT2D eigenvalue weighted by molar-refractivity contribution is -0.147. The van der Waals surface area contributed by atoms with Crippen molar-refractivity contribution in [3.8, 4) is 0 Å². The van der Waals surface area contributed by atoms with E-state index in [0.29, 0.717) is 24.8 Å². The van der Waals surface area contributed by atoms with Crippen LogP contribution >= 0.6 is 0 Å². The summed E-state index contributed by atoms with van der Waals surface area (Å²) in [6, 6.07) is 8.97. The first-order chi connectivity index (χ1) is 8.84. The summed E-state index contributed by atoms with van der Waals surface area (Å²) < 4.78 is 0. The summed E-state index contributed by atoms with van der Waals surface area (Å²) in [6.45, 7) is 3.32. The van der Waals surface area contributed by atoms with Crippen molar-refractivity contribution in [1.82, 2.24) is 0 Å². The van der Waals surface area contributed by atoms with Gasteiger partial charge in [0.15, 0.2) is 0 Å². The lowest BCUT2D eigenvalue weighted by atomic mass is 9.86. The summed E-state index contributed by atoms with van der Waals surface area (Å²) in [4.78, 5) is 10.9. The maximum atomic E-state index is 10.9. The number of rotatable bonds is 7. The quantitative estimate of drug-likeness (QED) is 0.708. The molecule has 3 N–H and O–H groups in total. The van der Waals surface area contributed by atoms with E-state index in [4.69, 9.17) is 5.11 Å². The van der Waals surface area contributed by atoms with E-state index < -0.39 is 23.6 Å². The van der Waals surface area contributed by atoms with Gasteiger partial charge in [0, 0.05) is 0 Å². The molecule has 19 heavy (non-hydrogen) atoms. The molecule has 0 amide bonds. The third kappa shape index (κ3) is 4.65. The Morgan fingerprint density at radius 3 is 2.32 bits per heavy atom. The normalized spacial score (nSPS) is 14.9. The molecule has 4 nitrogen and oxygen atoms in total. The molecule has 1 aromatic carbocycles. The van der Waals surface area contributed by atoms with E-state index in [1.807, 2.05) is 6.07 Å². The van der Waals surface area contributed by atoms with Gasteiger partial charge in [0.05, 0.1) is 11.5 Å². The van der Waals surface area contributed by atoms with Gasteiger partial charge in [0.25, 0.3) is 0 Å². The van der Waals surface area contributed by atoms with Gasteiger partial charge in [-0.3, -0.25) is 4.79 Å². The van der Waals surface area contributed by atoms with E-state index in [9.17, 15) is 15.0 Å². The number of aliphatic carboxylic acids is 1.